The normalized spacial score (nSPS) is 16.8. The Morgan fingerprint density at radius 3 is 2.37 bits per heavy atom. The molecule has 3 aromatic rings. The van der Waals surface area contributed by atoms with Gasteiger partial charge in [0.2, 0.25) is 5.76 Å². The van der Waals surface area contributed by atoms with Crippen LogP contribution in [-0.2, 0) is 22.7 Å². The summed E-state index contributed by atoms with van der Waals surface area (Å²) >= 11 is 0.881. The van der Waals surface area contributed by atoms with Crippen molar-refractivity contribution in [2.45, 2.75) is 16.9 Å². The molecule has 0 spiro atoms. The highest BCUT2D eigenvalue weighted by Gasteiger charge is 2.36. The summed E-state index contributed by atoms with van der Waals surface area (Å²) in [6.45, 7) is 2.66. The minimum absolute atomic E-state index is 0.0403. The second kappa shape index (κ2) is 8.14. The zero-order chi connectivity index (χ0) is 21.4. The van der Waals surface area contributed by atoms with Gasteiger partial charge in [0.05, 0.1) is 4.88 Å². The number of aromatic nitrogens is 1. The van der Waals surface area contributed by atoms with Crippen LogP contribution in [0.2, 0.25) is 0 Å². The molecule has 4 rings (SSSR count). The predicted molar refractivity (Wildman–Crippen MR) is 105 cm³/mol. The van der Waals surface area contributed by atoms with Crippen molar-refractivity contribution in [2.75, 3.05) is 26.2 Å². The minimum Gasteiger partial charge on any atom is -0.351 e. The van der Waals surface area contributed by atoms with Crippen LogP contribution in [0.5, 0.6) is 0 Å². The lowest BCUT2D eigenvalue weighted by atomic mass is 10.2. The van der Waals surface area contributed by atoms with Crippen LogP contribution in [0.25, 0.3) is 10.6 Å². The van der Waals surface area contributed by atoms with Gasteiger partial charge in [-0.1, -0.05) is 35.5 Å². The quantitative estimate of drug-likeness (QED) is 0.581. The molecule has 0 unspecified atom stereocenters. The molecule has 1 aliphatic rings. The zero-order valence-electron chi connectivity index (χ0n) is 15.7. The fourth-order valence-corrected chi connectivity index (χ4v) is 6.05. The van der Waals surface area contributed by atoms with Gasteiger partial charge in [-0.15, -0.1) is 11.3 Å². The van der Waals surface area contributed by atoms with Gasteiger partial charge in [0.25, 0.3) is 10.0 Å². The lowest BCUT2D eigenvalue weighted by Crippen LogP contribution is -2.48. The van der Waals surface area contributed by atoms with Gasteiger partial charge in [0.1, 0.15) is 9.90 Å². The average molecular weight is 457 g/mol. The Balaban J connectivity index is 1.43. The number of piperazine rings is 1. The molecule has 1 aromatic carbocycles. The summed E-state index contributed by atoms with van der Waals surface area (Å²) < 4.78 is 69.8. The van der Waals surface area contributed by atoms with Gasteiger partial charge >= 0.3 is 6.18 Å². The standard InChI is InChI=1S/C19H18F3N3O3S2/c20-19(21,22)17-12-15(23-28-17)16-6-7-18(29-16)30(26,27)25-10-8-24(9-11-25)13-14-4-2-1-3-5-14/h1-7,12H,8-11,13H2. The third-order valence-corrected chi connectivity index (χ3v) is 8.27. The third kappa shape index (κ3) is 4.43. The smallest absolute Gasteiger partial charge is 0.351 e. The monoisotopic (exact) mass is 457 g/mol. The van der Waals surface area contributed by atoms with E-state index in [1.54, 1.807) is 0 Å². The molecule has 0 amide bonds. The number of alkyl halides is 3. The molecule has 1 aliphatic heterocycles. The first kappa shape index (κ1) is 21.0. The van der Waals surface area contributed by atoms with E-state index in [4.69, 9.17) is 0 Å². The fraction of sp³-hybridized carbons (Fsp3) is 0.316. The van der Waals surface area contributed by atoms with Gasteiger partial charge in [-0.2, -0.15) is 17.5 Å². The van der Waals surface area contributed by atoms with Crippen molar-refractivity contribution in [2.24, 2.45) is 0 Å². The Morgan fingerprint density at radius 1 is 1.03 bits per heavy atom. The Kier molecular flexibility index (Phi) is 5.71. The first-order valence-corrected chi connectivity index (χ1v) is 11.4. The molecule has 1 saturated heterocycles. The number of halogens is 3. The van der Waals surface area contributed by atoms with Gasteiger partial charge < -0.3 is 4.52 Å². The van der Waals surface area contributed by atoms with E-state index in [0.29, 0.717) is 31.1 Å². The number of hydrogen-bond donors (Lipinski definition) is 0. The molecule has 0 atom stereocenters. The summed E-state index contributed by atoms with van der Waals surface area (Å²) in [7, 11) is -3.72. The van der Waals surface area contributed by atoms with Crippen LogP contribution < -0.4 is 0 Å². The van der Waals surface area contributed by atoms with Gasteiger partial charge in [-0.3, -0.25) is 4.90 Å². The molecule has 30 heavy (non-hydrogen) atoms. The summed E-state index contributed by atoms with van der Waals surface area (Å²) in [5.41, 5.74) is 1.13. The van der Waals surface area contributed by atoms with Crippen molar-refractivity contribution in [3.8, 4) is 10.6 Å². The predicted octanol–water partition coefficient (Wildman–Crippen LogP) is 3.93. The Morgan fingerprint density at radius 2 is 1.73 bits per heavy atom. The average Bonchev–Trinajstić information content (AvgIpc) is 3.39. The van der Waals surface area contributed by atoms with Crippen molar-refractivity contribution < 1.29 is 26.1 Å². The molecule has 0 radical (unpaired) electrons. The topological polar surface area (TPSA) is 66.7 Å². The molecule has 1 fully saturated rings. The summed E-state index contributed by atoms with van der Waals surface area (Å²) in [5, 5.41) is 3.41. The maximum atomic E-state index is 13.0. The van der Waals surface area contributed by atoms with Crippen LogP contribution in [0, 0.1) is 0 Å². The van der Waals surface area contributed by atoms with Crippen LogP contribution in [0.15, 0.2) is 57.3 Å². The summed E-state index contributed by atoms with van der Waals surface area (Å²) in [6.07, 6.45) is -4.64. The van der Waals surface area contributed by atoms with E-state index >= 15 is 0 Å². The molecular formula is C19H18F3N3O3S2. The van der Waals surface area contributed by atoms with E-state index in [2.05, 4.69) is 14.6 Å². The van der Waals surface area contributed by atoms with Crippen LogP contribution in [0.3, 0.4) is 0 Å². The van der Waals surface area contributed by atoms with E-state index in [9.17, 15) is 21.6 Å². The summed E-state index contributed by atoms with van der Waals surface area (Å²) in [4.78, 5) is 2.49. The third-order valence-electron chi connectivity index (χ3n) is 4.80. The SMILES string of the molecule is O=S(=O)(c1ccc(-c2cc(C(F)(F)F)on2)s1)N1CCN(Cc2ccccc2)CC1. The van der Waals surface area contributed by atoms with Gasteiger partial charge in [-0.05, 0) is 17.7 Å². The van der Waals surface area contributed by atoms with Crippen molar-refractivity contribution >= 4 is 21.4 Å². The molecule has 0 aliphatic carbocycles. The number of nitrogens with zero attached hydrogens (tertiary/aromatic N) is 3. The maximum absolute atomic E-state index is 13.0. The largest absolute Gasteiger partial charge is 0.452 e. The maximum Gasteiger partial charge on any atom is 0.452 e. The number of hydrogen-bond acceptors (Lipinski definition) is 6. The lowest BCUT2D eigenvalue weighted by molar-refractivity contribution is -0.155. The molecule has 3 heterocycles. The number of thiophene rings is 1. The zero-order valence-corrected chi connectivity index (χ0v) is 17.3. The van der Waals surface area contributed by atoms with Crippen molar-refractivity contribution in [1.29, 1.82) is 0 Å². The Bertz CT molecular complexity index is 1100. The van der Waals surface area contributed by atoms with Gasteiger partial charge in [-0.25, -0.2) is 8.42 Å². The lowest BCUT2D eigenvalue weighted by Gasteiger charge is -2.33. The highest BCUT2D eigenvalue weighted by Crippen LogP contribution is 2.36. The molecular weight excluding hydrogens is 439 g/mol. The van der Waals surface area contributed by atoms with Gasteiger partial charge in [0, 0.05) is 38.8 Å². The van der Waals surface area contributed by atoms with E-state index in [1.807, 2.05) is 30.3 Å². The van der Waals surface area contributed by atoms with Crippen LogP contribution in [-0.4, -0.2) is 49.0 Å². The number of rotatable bonds is 5. The van der Waals surface area contributed by atoms with E-state index in [-0.39, 0.29) is 9.90 Å². The number of sulfonamides is 1. The van der Waals surface area contributed by atoms with Crippen LogP contribution in [0.1, 0.15) is 11.3 Å². The summed E-state index contributed by atoms with van der Waals surface area (Å²) in [5.74, 6) is -1.22. The first-order chi connectivity index (χ1) is 14.2. The first-order valence-electron chi connectivity index (χ1n) is 9.14. The molecule has 6 nitrogen and oxygen atoms in total. The minimum atomic E-state index is -4.64. The fourth-order valence-electron chi connectivity index (χ4n) is 3.22. The second-order valence-corrected chi connectivity index (χ2v) is 10.1. The van der Waals surface area contributed by atoms with Crippen LogP contribution in [0.4, 0.5) is 13.2 Å². The van der Waals surface area contributed by atoms with Crippen molar-refractivity contribution in [1.82, 2.24) is 14.4 Å². The van der Waals surface area contributed by atoms with Gasteiger partial charge in [0.15, 0.2) is 0 Å². The molecule has 160 valence electrons. The summed E-state index contributed by atoms with van der Waals surface area (Å²) in [6, 6.07) is 13.6. The van der Waals surface area contributed by atoms with Crippen molar-refractivity contribution in [3.63, 3.8) is 0 Å². The van der Waals surface area contributed by atoms with Crippen molar-refractivity contribution in [3.05, 3.63) is 59.9 Å². The molecule has 0 saturated carbocycles. The molecule has 0 N–H and O–H groups in total. The Hall–Kier alpha value is -2.21. The number of benzene rings is 1. The molecule has 0 bridgehead atoms. The Labute approximate surface area is 175 Å². The van der Waals surface area contributed by atoms with E-state index < -0.39 is 22.0 Å². The van der Waals surface area contributed by atoms with E-state index in [1.165, 1.54) is 22.0 Å². The van der Waals surface area contributed by atoms with E-state index in [0.717, 1.165) is 23.9 Å². The highest BCUT2D eigenvalue weighted by molar-refractivity contribution is 7.91. The molecule has 2 aromatic heterocycles. The second-order valence-electron chi connectivity index (χ2n) is 6.86. The molecule has 11 heteroatoms. The van der Waals surface area contributed by atoms with Crippen LogP contribution >= 0.6 is 11.3 Å². The highest BCUT2D eigenvalue weighted by atomic mass is 32.2.